The van der Waals surface area contributed by atoms with E-state index in [0.717, 1.165) is 11.1 Å². The summed E-state index contributed by atoms with van der Waals surface area (Å²) >= 11 is 0. The Bertz CT molecular complexity index is 606. The molecule has 0 heterocycles. The Balaban J connectivity index is 2.40. The van der Waals surface area contributed by atoms with Gasteiger partial charge in [0.1, 0.15) is 5.75 Å². The van der Waals surface area contributed by atoms with Crippen LogP contribution < -0.4 is 11.1 Å². The summed E-state index contributed by atoms with van der Waals surface area (Å²) in [6.45, 7) is 3.51. The molecule has 4 heteroatoms. The number of carbonyl (C=O) groups is 1. The standard InChI is InChI=1S/C17H20N2O2/c1-17(2,16(18)21)19-15(12-6-4-3-5-7-12)13-8-10-14(20)11-9-13/h3-11,15,19-20H,1-2H3,(H2,18,21). The highest BCUT2D eigenvalue weighted by molar-refractivity contribution is 5.83. The minimum Gasteiger partial charge on any atom is -0.508 e. The van der Waals surface area contributed by atoms with Crippen LogP contribution in [0.2, 0.25) is 0 Å². The predicted molar refractivity (Wildman–Crippen MR) is 82.8 cm³/mol. The summed E-state index contributed by atoms with van der Waals surface area (Å²) in [5.41, 5.74) is 6.59. The maximum Gasteiger partial charge on any atom is 0.237 e. The van der Waals surface area contributed by atoms with Crippen LogP contribution in [0.25, 0.3) is 0 Å². The van der Waals surface area contributed by atoms with Crippen molar-refractivity contribution >= 4 is 5.91 Å². The lowest BCUT2D eigenvalue weighted by Gasteiger charge is -2.30. The molecule has 4 nitrogen and oxygen atoms in total. The average molecular weight is 284 g/mol. The van der Waals surface area contributed by atoms with Gasteiger partial charge in [0.15, 0.2) is 0 Å². The maximum atomic E-state index is 11.6. The van der Waals surface area contributed by atoms with Gasteiger partial charge in [0.25, 0.3) is 0 Å². The zero-order valence-electron chi connectivity index (χ0n) is 12.2. The maximum absolute atomic E-state index is 11.6. The highest BCUT2D eigenvalue weighted by atomic mass is 16.3. The van der Waals surface area contributed by atoms with E-state index >= 15 is 0 Å². The first-order valence-electron chi connectivity index (χ1n) is 6.81. The van der Waals surface area contributed by atoms with Gasteiger partial charge in [-0.25, -0.2) is 0 Å². The van der Waals surface area contributed by atoms with Gasteiger partial charge in [0.05, 0.1) is 11.6 Å². The van der Waals surface area contributed by atoms with Crippen molar-refractivity contribution in [1.82, 2.24) is 5.32 Å². The summed E-state index contributed by atoms with van der Waals surface area (Å²) in [7, 11) is 0. The van der Waals surface area contributed by atoms with Gasteiger partial charge in [-0.1, -0.05) is 42.5 Å². The van der Waals surface area contributed by atoms with Crippen molar-refractivity contribution in [3.05, 3.63) is 65.7 Å². The van der Waals surface area contributed by atoms with Gasteiger partial charge in [-0.15, -0.1) is 0 Å². The lowest BCUT2D eigenvalue weighted by molar-refractivity contribution is -0.123. The fourth-order valence-corrected chi connectivity index (χ4v) is 2.10. The number of hydrogen-bond donors (Lipinski definition) is 3. The third kappa shape index (κ3) is 3.61. The molecule has 0 spiro atoms. The van der Waals surface area contributed by atoms with Gasteiger partial charge >= 0.3 is 0 Å². The molecule has 2 aromatic rings. The number of benzene rings is 2. The predicted octanol–water partition coefficient (Wildman–Crippen LogP) is 2.34. The van der Waals surface area contributed by atoms with E-state index < -0.39 is 11.4 Å². The Hall–Kier alpha value is -2.33. The van der Waals surface area contributed by atoms with Crippen LogP contribution in [-0.2, 0) is 4.79 Å². The molecule has 0 radical (unpaired) electrons. The monoisotopic (exact) mass is 284 g/mol. The molecular weight excluding hydrogens is 264 g/mol. The van der Waals surface area contributed by atoms with Crippen molar-refractivity contribution in [1.29, 1.82) is 0 Å². The first-order valence-corrected chi connectivity index (χ1v) is 6.81. The van der Waals surface area contributed by atoms with Crippen molar-refractivity contribution in [2.75, 3.05) is 0 Å². The van der Waals surface area contributed by atoms with Crippen LogP contribution in [0.15, 0.2) is 54.6 Å². The van der Waals surface area contributed by atoms with Crippen LogP contribution in [0.5, 0.6) is 5.75 Å². The van der Waals surface area contributed by atoms with Crippen molar-refractivity contribution < 1.29 is 9.90 Å². The van der Waals surface area contributed by atoms with Gasteiger partial charge in [-0.3, -0.25) is 10.1 Å². The highest BCUT2D eigenvalue weighted by Crippen LogP contribution is 2.26. The molecular formula is C17H20N2O2. The van der Waals surface area contributed by atoms with Crippen LogP contribution >= 0.6 is 0 Å². The molecule has 0 aliphatic heterocycles. The third-order valence-corrected chi connectivity index (χ3v) is 3.48. The Morgan fingerprint density at radius 3 is 2.10 bits per heavy atom. The number of aromatic hydroxyl groups is 1. The molecule has 2 aromatic carbocycles. The van der Waals surface area contributed by atoms with Gasteiger partial charge in [0, 0.05) is 0 Å². The fourth-order valence-electron chi connectivity index (χ4n) is 2.10. The molecule has 2 rings (SSSR count). The molecule has 21 heavy (non-hydrogen) atoms. The van der Waals surface area contributed by atoms with E-state index in [1.54, 1.807) is 26.0 Å². The molecule has 0 bridgehead atoms. The molecule has 0 fully saturated rings. The summed E-state index contributed by atoms with van der Waals surface area (Å²) in [4.78, 5) is 11.6. The summed E-state index contributed by atoms with van der Waals surface area (Å²) in [5, 5.41) is 12.7. The van der Waals surface area contributed by atoms with Crippen molar-refractivity contribution in [2.45, 2.75) is 25.4 Å². The number of phenolic OH excluding ortho intramolecular Hbond substituents is 1. The van der Waals surface area contributed by atoms with Crippen molar-refractivity contribution in [3.8, 4) is 5.75 Å². The van der Waals surface area contributed by atoms with Gasteiger partial charge in [-0.05, 0) is 37.1 Å². The second-order valence-electron chi connectivity index (χ2n) is 5.57. The highest BCUT2D eigenvalue weighted by Gasteiger charge is 2.29. The van der Waals surface area contributed by atoms with E-state index in [4.69, 9.17) is 5.73 Å². The molecule has 1 atom stereocenters. The second-order valence-corrected chi connectivity index (χ2v) is 5.57. The number of carbonyl (C=O) groups excluding carboxylic acids is 1. The quantitative estimate of drug-likeness (QED) is 0.789. The summed E-state index contributed by atoms with van der Waals surface area (Å²) in [6, 6.07) is 16.5. The number of nitrogens with two attached hydrogens (primary N) is 1. The van der Waals surface area contributed by atoms with Crippen LogP contribution in [-0.4, -0.2) is 16.6 Å². The first-order chi connectivity index (χ1) is 9.90. The van der Waals surface area contributed by atoms with Crippen molar-refractivity contribution in [2.24, 2.45) is 5.73 Å². The van der Waals surface area contributed by atoms with Gasteiger partial charge in [0.2, 0.25) is 5.91 Å². The van der Waals surface area contributed by atoms with Gasteiger partial charge < -0.3 is 10.8 Å². The normalized spacial score (nSPS) is 12.9. The summed E-state index contributed by atoms with van der Waals surface area (Å²) < 4.78 is 0. The molecule has 4 N–H and O–H groups in total. The average Bonchev–Trinajstić information content (AvgIpc) is 2.47. The Labute approximate surface area is 124 Å². The first kappa shape index (κ1) is 15.1. The lowest BCUT2D eigenvalue weighted by atomic mass is 9.94. The smallest absolute Gasteiger partial charge is 0.237 e. The molecule has 110 valence electrons. The number of rotatable bonds is 5. The lowest BCUT2D eigenvalue weighted by Crippen LogP contribution is -2.52. The Morgan fingerprint density at radius 1 is 1.05 bits per heavy atom. The molecule has 0 saturated heterocycles. The van der Waals surface area contributed by atoms with E-state index in [1.807, 2.05) is 42.5 Å². The number of phenols is 1. The SMILES string of the molecule is CC(C)(NC(c1ccccc1)c1ccc(O)cc1)C(N)=O. The topological polar surface area (TPSA) is 75.3 Å². The van der Waals surface area contributed by atoms with Crippen LogP contribution in [0.1, 0.15) is 31.0 Å². The molecule has 0 aliphatic carbocycles. The zero-order chi connectivity index (χ0) is 15.5. The van der Waals surface area contributed by atoms with Crippen molar-refractivity contribution in [3.63, 3.8) is 0 Å². The van der Waals surface area contributed by atoms with Crippen LogP contribution in [0.4, 0.5) is 0 Å². The summed E-state index contributed by atoms with van der Waals surface area (Å²) in [5.74, 6) is -0.207. The van der Waals surface area contributed by atoms with Crippen LogP contribution in [0.3, 0.4) is 0 Å². The largest absolute Gasteiger partial charge is 0.508 e. The number of amides is 1. The van der Waals surface area contributed by atoms with E-state index in [0.29, 0.717) is 0 Å². The third-order valence-electron chi connectivity index (χ3n) is 3.48. The number of nitrogens with one attached hydrogen (secondary N) is 1. The Morgan fingerprint density at radius 2 is 1.57 bits per heavy atom. The van der Waals surface area contributed by atoms with Gasteiger partial charge in [-0.2, -0.15) is 0 Å². The second kappa shape index (κ2) is 5.97. The number of hydrogen-bond acceptors (Lipinski definition) is 3. The molecule has 1 unspecified atom stereocenters. The minimum absolute atomic E-state index is 0.186. The number of primary amides is 1. The van der Waals surface area contributed by atoms with E-state index in [2.05, 4.69) is 5.32 Å². The molecule has 0 saturated carbocycles. The summed E-state index contributed by atoms with van der Waals surface area (Å²) in [6.07, 6.45) is 0. The van der Waals surface area contributed by atoms with E-state index in [-0.39, 0.29) is 11.8 Å². The van der Waals surface area contributed by atoms with E-state index in [1.165, 1.54) is 0 Å². The van der Waals surface area contributed by atoms with E-state index in [9.17, 15) is 9.90 Å². The molecule has 1 amide bonds. The minimum atomic E-state index is -0.849. The van der Waals surface area contributed by atoms with Crippen LogP contribution in [0, 0.1) is 0 Å². The molecule has 0 aliphatic rings. The molecule has 0 aromatic heterocycles. The zero-order valence-corrected chi connectivity index (χ0v) is 12.2. The fraction of sp³-hybridized carbons (Fsp3) is 0.235. The Kier molecular flexibility index (Phi) is 4.29.